The van der Waals surface area contributed by atoms with Crippen molar-refractivity contribution >= 4 is 18.5 Å². The SMILES string of the molecule is O=CNN(NC=O)c1ccccc1. The lowest BCUT2D eigenvalue weighted by Gasteiger charge is -2.20. The van der Waals surface area contributed by atoms with E-state index in [1.807, 2.05) is 6.07 Å². The lowest BCUT2D eigenvalue weighted by molar-refractivity contribution is -0.111. The molecule has 68 valence electrons. The Balaban J connectivity index is 2.75. The van der Waals surface area contributed by atoms with Crippen LogP contribution in [-0.2, 0) is 9.59 Å². The second-order valence-electron chi connectivity index (χ2n) is 2.16. The third-order valence-corrected chi connectivity index (χ3v) is 1.38. The molecule has 0 unspecified atom stereocenters. The first-order chi connectivity index (χ1) is 6.38. The molecule has 5 heteroatoms. The summed E-state index contributed by atoms with van der Waals surface area (Å²) >= 11 is 0. The van der Waals surface area contributed by atoms with Gasteiger partial charge in [0, 0.05) is 0 Å². The van der Waals surface area contributed by atoms with Gasteiger partial charge in [-0.25, -0.2) is 0 Å². The maximum Gasteiger partial charge on any atom is 0.227 e. The topological polar surface area (TPSA) is 61.4 Å². The molecule has 1 aromatic carbocycles. The molecule has 1 aromatic rings. The number of benzene rings is 1. The predicted molar refractivity (Wildman–Crippen MR) is 47.3 cm³/mol. The minimum Gasteiger partial charge on any atom is -0.277 e. The number of hydrogen-bond acceptors (Lipinski definition) is 3. The van der Waals surface area contributed by atoms with Crippen molar-refractivity contribution in [2.45, 2.75) is 0 Å². The largest absolute Gasteiger partial charge is 0.277 e. The molecular weight excluding hydrogens is 170 g/mol. The van der Waals surface area contributed by atoms with Gasteiger partial charge >= 0.3 is 0 Å². The van der Waals surface area contributed by atoms with Crippen molar-refractivity contribution in [3.8, 4) is 0 Å². The van der Waals surface area contributed by atoms with Crippen LogP contribution in [0, 0.1) is 0 Å². The van der Waals surface area contributed by atoms with E-state index < -0.39 is 0 Å². The Hall–Kier alpha value is -2.04. The van der Waals surface area contributed by atoms with Gasteiger partial charge in [-0.1, -0.05) is 18.2 Å². The van der Waals surface area contributed by atoms with Gasteiger partial charge in [-0.2, -0.15) is 5.12 Å². The summed E-state index contributed by atoms with van der Waals surface area (Å²) in [6.07, 6.45) is 0.951. The average Bonchev–Trinajstić information content (AvgIpc) is 2.19. The zero-order chi connectivity index (χ0) is 9.52. The highest BCUT2D eigenvalue weighted by Gasteiger charge is 2.00. The van der Waals surface area contributed by atoms with Crippen LogP contribution in [0.15, 0.2) is 30.3 Å². The predicted octanol–water partition coefficient (Wildman–Crippen LogP) is -0.185. The van der Waals surface area contributed by atoms with Gasteiger partial charge in [0.25, 0.3) is 0 Å². The Morgan fingerprint density at radius 3 is 2.00 bits per heavy atom. The van der Waals surface area contributed by atoms with E-state index in [1.165, 1.54) is 5.12 Å². The number of nitrogens with one attached hydrogen (secondary N) is 2. The summed E-state index contributed by atoms with van der Waals surface area (Å²) < 4.78 is 0. The molecule has 5 nitrogen and oxygen atoms in total. The van der Waals surface area contributed by atoms with E-state index >= 15 is 0 Å². The molecule has 0 aliphatic carbocycles. The van der Waals surface area contributed by atoms with Crippen LogP contribution in [0.2, 0.25) is 0 Å². The second kappa shape index (κ2) is 4.76. The first kappa shape index (κ1) is 9.05. The van der Waals surface area contributed by atoms with Crippen LogP contribution in [0.4, 0.5) is 5.69 Å². The lowest BCUT2D eigenvalue weighted by Crippen LogP contribution is -2.47. The Morgan fingerprint density at radius 1 is 1.00 bits per heavy atom. The van der Waals surface area contributed by atoms with Gasteiger partial charge in [0.15, 0.2) is 0 Å². The zero-order valence-electron chi connectivity index (χ0n) is 6.81. The fraction of sp³-hybridized carbons (Fsp3) is 0. The van der Waals surface area contributed by atoms with Gasteiger partial charge in [0.1, 0.15) is 0 Å². The molecule has 0 fully saturated rings. The van der Waals surface area contributed by atoms with Crippen molar-refractivity contribution in [1.29, 1.82) is 0 Å². The van der Waals surface area contributed by atoms with Crippen molar-refractivity contribution in [3.05, 3.63) is 30.3 Å². The average molecular weight is 179 g/mol. The summed E-state index contributed by atoms with van der Waals surface area (Å²) in [4.78, 5) is 20.3. The van der Waals surface area contributed by atoms with E-state index in [0.717, 1.165) is 0 Å². The molecule has 0 heterocycles. The zero-order valence-corrected chi connectivity index (χ0v) is 6.81. The van der Waals surface area contributed by atoms with E-state index in [0.29, 0.717) is 18.5 Å². The van der Waals surface area contributed by atoms with Crippen LogP contribution >= 0.6 is 0 Å². The first-order valence-corrected chi connectivity index (χ1v) is 3.63. The quantitative estimate of drug-likeness (QED) is 0.486. The number of hydrazine groups is 2. The molecule has 0 bridgehead atoms. The summed E-state index contributed by atoms with van der Waals surface area (Å²) in [7, 11) is 0. The van der Waals surface area contributed by atoms with Gasteiger partial charge < -0.3 is 0 Å². The number of nitrogens with zero attached hydrogens (tertiary/aromatic N) is 1. The minimum absolute atomic E-state index is 0.476. The molecule has 0 aliphatic rings. The van der Waals surface area contributed by atoms with Gasteiger partial charge in [-0.3, -0.25) is 20.4 Å². The molecule has 0 radical (unpaired) electrons. The molecule has 2 amide bonds. The summed E-state index contributed by atoms with van der Waals surface area (Å²) in [5.74, 6) is 0. The molecule has 0 saturated carbocycles. The number of carbonyl (C=O) groups excluding carboxylic acids is 2. The van der Waals surface area contributed by atoms with E-state index in [-0.39, 0.29) is 0 Å². The van der Waals surface area contributed by atoms with E-state index in [1.54, 1.807) is 24.3 Å². The van der Waals surface area contributed by atoms with Crippen molar-refractivity contribution in [1.82, 2.24) is 10.9 Å². The van der Waals surface area contributed by atoms with Crippen LogP contribution in [-0.4, -0.2) is 12.8 Å². The van der Waals surface area contributed by atoms with Gasteiger partial charge in [0.2, 0.25) is 12.8 Å². The fourth-order valence-corrected chi connectivity index (χ4v) is 0.869. The Kier molecular flexibility index (Phi) is 3.31. The minimum atomic E-state index is 0.476. The van der Waals surface area contributed by atoms with Crippen molar-refractivity contribution in [2.75, 3.05) is 5.12 Å². The molecular formula is C8H9N3O2. The van der Waals surface area contributed by atoms with Crippen LogP contribution in [0.3, 0.4) is 0 Å². The van der Waals surface area contributed by atoms with Crippen LogP contribution in [0.5, 0.6) is 0 Å². The molecule has 0 spiro atoms. The first-order valence-electron chi connectivity index (χ1n) is 3.63. The Labute approximate surface area is 75.3 Å². The third-order valence-electron chi connectivity index (χ3n) is 1.38. The van der Waals surface area contributed by atoms with E-state index in [4.69, 9.17) is 0 Å². The number of amides is 2. The fourth-order valence-electron chi connectivity index (χ4n) is 0.869. The smallest absolute Gasteiger partial charge is 0.227 e. The molecule has 1 rings (SSSR count). The number of para-hydroxylation sites is 1. The highest BCUT2D eigenvalue weighted by atomic mass is 16.2. The molecule has 0 aliphatic heterocycles. The maximum absolute atomic E-state index is 10.2. The maximum atomic E-state index is 10.2. The Bertz CT molecular complexity index is 266. The van der Waals surface area contributed by atoms with E-state index in [2.05, 4.69) is 10.9 Å². The highest BCUT2D eigenvalue weighted by molar-refractivity contribution is 5.59. The second-order valence-corrected chi connectivity index (χ2v) is 2.16. The highest BCUT2D eigenvalue weighted by Crippen LogP contribution is 2.07. The normalized spacial score (nSPS) is 8.62. The van der Waals surface area contributed by atoms with E-state index in [9.17, 15) is 9.59 Å². The van der Waals surface area contributed by atoms with Crippen LogP contribution in [0.1, 0.15) is 0 Å². The summed E-state index contributed by atoms with van der Waals surface area (Å²) in [5.41, 5.74) is 5.29. The van der Waals surface area contributed by atoms with Crippen molar-refractivity contribution in [2.24, 2.45) is 0 Å². The monoisotopic (exact) mass is 179 g/mol. The molecule has 13 heavy (non-hydrogen) atoms. The molecule has 0 atom stereocenters. The molecule has 0 aromatic heterocycles. The van der Waals surface area contributed by atoms with Gasteiger partial charge in [-0.15, -0.1) is 0 Å². The Morgan fingerprint density at radius 2 is 1.54 bits per heavy atom. The number of anilines is 1. The molecule has 2 N–H and O–H groups in total. The lowest BCUT2D eigenvalue weighted by atomic mass is 10.3. The van der Waals surface area contributed by atoms with Crippen molar-refractivity contribution in [3.63, 3.8) is 0 Å². The summed E-state index contributed by atoms with van der Waals surface area (Å²) in [6.45, 7) is 0. The van der Waals surface area contributed by atoms with Crippen LogP contribution < -0.4 is 16.0 Å². The third kappa shape index (κ3) is 2.48. The number of carbonyl (C=O) groups is 2. The number of rotatable bonds is 5. The number of hydrogen-bond donors (Lipinski definition) is 2. The van der Waals surface area contributed by atoms with Crippen molar-refractivity contribution < 1.29 is 9.59 Å². The standard InChI is InChI=1S/C8H9N3O2/c12-6-9-11(10-7-13)8-4-2-1-3-5-8/h1-7H,(H,9,12)(H,10,13). The van der Waals surface area contributed by atoms with Gasteiger partial charge in [0.05, 0.1) is 5.69 Å². The summed E-state index contributed by atoms with van der Waals surface area (Å²) in [6, 6.07) is 8.91. The van der Waals surface area contributed by atoms with Gasteiger partial charge in [-0.05, 0) is 12.1 Å². The summed E-state index contributed by atoms with van der Waals surface area (Å²) in [5, 5.41) is 1.21. The van der Waals surface area contributed by atoms with Crippen LogP contribution in [0.25, 0.3) is 0 Å². The molecule has 0 saturated heterocycles.